The summed E-state index contributed by atoms with van der Waals surface area (Å²) in [5, 5.41) is 13.3. The monoisotopic (exact) mass is 332 g/mol. The van der Waals surface area contributed by atoms with Crippen LogP contribution in [0.1, 0.15) is 17.3 Å². The van der Waals surface area contributed by atoms with E-state index in [-0.39, 0.29) is 5.91 Å². The van der Waals surface area contributed by atoms with Crippen molar-refractivity contribution in [1.82, 2.24) is 25.4 Å². The summed E-state index contributed by atoms with van der Waals surface area (Å²) >= 11 is 0. The number of aromatic nitrogens is 4. The largest absolute Gasteiger partial charge is 0.360 e. The highest BCUT2D eigenvalue weighted by Crippen LogP contribution is 2.17. The first-order chi connectivity index (χ1) is 12.2. The van der Waals surface area contributed by atoms with Crippen LogP contribution in [0.2, 0.25) is 0 Å². The van der Waals surface area contributed by atoms with Crippen molar-refractivity contribution < 1.29 is 4.79 Å². The van der Waals surface area contributed by atoms with Gasteiger partial charge in [0, 0.05) is 17.1 Å². The quantitative estimate of drug-likeness (QED) is 0.445. The van der Waals surface area contributed by atoms with Crippen molar-refractivity contribution in [3.63, 3.8) is 0 Å². The van der Waals surface area contributed by atoms with Gasteiger partial charge >= 0.3 is 0 Å². The number of nitrogens with zero attached hydrogens (tertiary/aromatic N) is 4. The minimum absolute atomic E-state index is 0.250. The highest BCUT2D eigenvalue weighted by Gasteiger charge is 2.11. The Morgan fingerprint density at radius 1 is 1.20 bits per heavy atom. The van der Waals surface area contributed by atoms with Gasteiger partial charge in [-0.2, -0.15) is 5.10 Å². The Balaban J connectivity index is 1.50. The number of hydrazone groups is 1. The average Bonchev–Trinajstić information content (AvgIpc) is 3.24. The molecule has 124 valence electrons. The molecule has 0 bridgehead atoms. The number of fused-ring (bicyclic) bond motifs is 2. The fourth-order valence-corrected chi connectivity index (χ4v) is 2.75. The second kappa shape index (κ2) is 6.20. The molecule has 0 aliphatic heterocycles. The molecule has 0 aliphatic rings. The van der Waals surface area contributed by atoms with E-state index in [9.17, 15) is 4.79 Å². The van der Waals surface area contributed by atoms with Gasteiger partial charge < -0.3 is 4.98 Å². The van der Waals surface area contributed by atoms with E-state index in [4.69, 9.17) is 0 Å². The SMILES string of the molecule is C/C(Cn1nnc2ccccc21)=N/NC(=O)c1c[nH]c2ccccc12. The van der Waals surface area contributed by atoms with Crippen molar-refractivity contribution in [1.29, 1.82) is 0 Å². The molecule has 0 saturated heterocycles. The molecule has 0 saturated carbocycles. The number of rotatable bonds is 4. The molecule has 25 heavy (non-hydrogen) atoms. The van der Waals surface area contributed by atoms with E-state index in [2.05, 4.69) is 25.8 Å². The van der Waals surface area contributed by atoms with Crippen LogP contribution in [0.4, 0.5) is 0 Å². The van der Waals surface area contributed by atoms with Crippen LogP contribution >= 0.6 is 0 Å². The summed E-state index contributed by atoms with van der Waals surface area (Å²) < 4.78 is 1.76. The second-order valence-corrected chi connectivity index (χ2v) is 5.77. The molecule has 2 N–H and O–H groups in total. The summed E-state index contributed by atoms with van der Waals surface area (Å²) in [4.78, 5) is 15.4. The Bertz CT molecular complexity index is 1090. The minimum atomic E-state index is -0.250. The fourth-order valence-electron chi connectivity index (χ4n) is 2.75. The van der Waals surface area contributed by atoms with Gasteiger partial charge in [0.2, 0.25) is 0 Å². The third-order valence-corrected chi connectivity index (χ3v) is 3.98. The number of hydrogen-bond acceptors (Lipinski definition) is 4. The zero-order valence-corrected chi connectivity index (χ0v) is 13.6. The summed E-state index contributed by atoms with van der Waals surface area (Å²) in [6.45, 7) is 2.29. The van der Waals surface area contributed by atoms with Crippen LogP contribution in [-0.4, -0.2) is 31.6 Å². The zero-order chi connectivity index (χ0) is 17.2. The Morgan fingerprint density at radius 2 is 2.00 bits per heavy atom. The number of benzene rings is 2. The van der Waals surface area contributed by atoms with Gasteiger partial charge in [0.25, 0.3) is 5.91 Å². The van der Waals surface area contributed by atoms with Crippen LogP contribution in [-0.2, 0) is 6.54 Å². The van der Waals surface area contributed by atoms with Crippen molar-refractivity contribution in [2.24, 2.45) is 5.10 Å². The van der Waals surface area contributed by atoms with Crippen molar-refractivity contribution in [2.45, 2.75) is 13.5 Å². The van der Waals surface area contributed by atoms with Gasteiger partial charge in [-0.05, 0) is 25.1 Å². The maximum absolute atomic E-state index is 12.4. The van der Waals surface area contributed by atoms with Gasteiger partial charge in [-0.25, -0.2) is 10.1 Å². The first kappa shape index (κ1) is 15.1. The van der Waals surface area contributed by atoms with Crippen molar-refractivity contribution in [3.05, 3.63) is 60.3 Å². The van der Waals surface area contributed by atoms with Crippen LogP contribution in [0.5, 0.6) is 0 Å². The molecule has 4 rings (SSSR count). The second-order valence-electron chi connectivity index (χ2n) is 5.77. The topological polar surface area (TPSA) is 88.0 Å². The Morgan fingerprint density at radius 3 is 2.92 bits per heavy atom. The first-order valence-electron chi connectivity index (χ1n) is 7.90. The normalized spacial score (nSPS) is 12.0. The molecule has 0 atom stereocenters. The molecule has 0 unspecified atom stereocenters. The summed E-state index contributed by atoms with van der Waals surface area (Å²) in [6.07, 6.45) is 1.69. The van der Waals surface area contributed by atoms with E-state index in [1.165, 1.54) is 0 Å². The molecular formula is C18H16N6O. The molecule has 0 spiro atoms. The fraction of sp³-hybridized carbons (Fsp3) is 0.111. The molecule has 1 amide bonds. The van der Waals surface area contributed by atoms with Gasteiger partial charge in [-0.3, -0.25) is 4.79 Å². The van der Waals surface area contributed by atoms with E-state index in [0.29, 0.717) is 12.1 Å². The molecular weight excluding hydrogens is 316 g/mol. The molecule has 0 aliphatic carbocycles. The summed E-state index contributed by atoms with van der Waals surface area (Å²) in [5.74, 6) is -0.250. The lowest BCUT2D eigenvalue weighted by Gasteiger charge is -2.03. The maximum Gasteiger partial charge on any atom is 0.273 e. The highest BCUT2D eigenvalue weighted by molar-refractivity contribution is 6.06. The van der Waals surface area contributed by atoms with Crippen LogP contribution in [0.15, 0.2) is 59.8 Å². The summed E-state index contributed by atoms with van der Waals surface area (Å²) in [6, 6.07) is 15.4. The predicted molar refractivity (Wildman–Crippen MR) is 96.4 cm³/mol. The van der Waals surface area contributed by atoms with E-state index in [1.54, 1.807) is 10.9 Å². The lowest BCUT2D eigenvalue weighted by molar-refractivity contribution is 0.0956. The van der Waals surface area contributed by atoms with Gasteiger partial charge in [0.05, 0.1) is 23.3 Å². The van der Waals surface area contributed by atoms with Gasteiger partial charge in [0.1, 0.15) is 5.52 Å². The lowest BCUT2D eigenvalue weighted by Crippen LogP contribution is -2.20. The Labute approximate surface area is 143 Å². The molecule has 7 nitrogen and oxygen atoms in total. The molecule has 7 heteroatoms. The molecule has 2 aromatic carbocycles. The summed E-state index contributed by atoms with van der Waals surface area (Å²) in [5.41, 5.74) is 6.58. The Hall–Kier alpha value is -3.48. The Kier molecular flexibility index (Phi) is 3.74. The smallest absolute Gasteiger partial charge is 0.273 e. The van der Waals surface area contributed by atoms with E-state index in [1.807, 2.05) is 55.5 Å². The standard InChI is InChI=1S/C18H16N6O/c1-12(11-24-17-9-5-4-8-16(17)21-23-24)20-22-18(25)14-10-19-15-7-3-2-6-13(14)15/h2-10,19H,11H2,1H3,(H,22,25)/b20-12-. The third kappa shape index (κ3) is 2.87. The lowest BCUT2D eigenvalue weighted by atomic mass is 10.2. The minimum Gasteiger partial charge on any atom is -0.360 e. The van der Waals surface area contributed by atoms with Crippen molar-refractivity contribution >= 4 is 33.6 Å². The van der Waals surface area contributed by atoms with Gasteiger partial charge in [-0.15, -0.1) is 5.10 Å². The zero-order valence-electron chi connectivity index (χ0n) is 13.6. The average molecular weight is 332 g/mol. The van der Waals surface area contributed by atoms with E-state index in [0.717, 1.165) is 27.6 Å². The van der Waals surface area contributed by atoms with Crippen molar-refractivity contribution in [2.75, 3.05) is 0 Å². The number of carbonyl (C=O) groups excluding carboxylic acids is 1. The predicted octanol–water partition coefficient (Wildman–Crippen LogP) is 2.72. The molecule has 4 aromatic rings. The number of amides is 1. The number of hydrogen-bond donors (Lipinski definition) is 2. The molecule has 0 radical (unpaired) electrons. The van der Waals surface area contributed by atoms with Crippen molar-refractivity contribution in [3.8, 4) is 0 Å². The number of nitrogens with one attached hydrogen (secondary N) is 2. The number of para-hydroxylation sites is 2. The summed E-state index contributed by atoms with van der Waals surface area (Å²) in [7, 11) is 0. The number of H-pyrrole nitrogens is 1. The van der Waals surface area contributed by atoms with Crippen LogP contribution < -0.4 is 5.43 Å². The van der Waals surface area contributed by atoms with Gasteiger partial charge in [-0.1, -0.05) is 35.5 Å². The van der Waals surface area contributed by atoms with Gasteiger partial charge in [0.15, 0.2) is 0 Å². The number of carbonyl (C=O) groups is 1. The maximum atomic E-state index is 12.4. The highest BCUT2D eigenvalue weighted by atomic mass is 16.2. The van der Waals surface area contributed by atoms with Crippen LogP contribution in [0.25, 0.3) is 21.9 Å². The van der Waals surface area contributed by atoms with Crippen LogP contribution in [0.3, 0.4) is 0 Å². The van der Waals surface area contributed by atoms with E-state index < -0.39 is 0 Å². The molecule has 2 aromatic heterocycles. The molecule has 0 fully saturated rings. The molecule has 2 heterocycles. The van der Waals surface area contributed by atoms with E-state index >= 15 is 0 Å². The van der Waals surface area contributed by atoms with Crippen LogP contribution in [0, 0.1) is 0 Å². The first-order valence-corrected chi connectivity index (χ1v) is 7.90. The number of aromatic amines is 1. The third-order valence-electron chi connectivity index (χ3n) is 3.98.